The second-order valence-electron chi connectivity index (χ2n) is 6.16. The molecule has 2 aromatic carbocycles. The van der Waals surface area contributed by atoms with Crippen molar-refractivity contribution in [3.8, 4) is 11.3 Å². The number of aromatic nitrogens is 3. The van der Waals surface area contributed by atoms with Gasteiger partial charge in [0.1, 0.15) is 0 Å². The molecule has 30 heavy (non-hydrogen) atoms. The molecule has 0 fully saturated rings. The zero-order valence-electron chi connectivity index (χ0n) is 15.3. The summed E-state index contributed by atoms with van der Waals surface area (Å²) in [5, 5.41) is 10.9. The molecule has 4 rings (SSSR count). The summed E-state index contributed by atoms with van der Waals surface area (Å²) in [5.41, 5.74) is 1.71. The third-order valence-corrected chi connectivity index (χ3v) is 4.92. The van der Waals surface area contributed by atoms with Gasteiger partial charge < -0.3 is 15.1 Å². The van der Waals surface area contributed by atoms with Gasteiger partial charge in [0.25, 0.3) is 0 Å². The number of primary sulfonamides is 1. The summed E-state index contributed by atoms with van der Waals surface area (Å²) in [6.45, 7) is 0. The fourth-order valence-electron chi connectivity index (χ4n) is 2.64. The molecule has 0 aliphatic rings. The van der Waals surface area contributed by atoms with E-state index >= 15 is 0 Å². The first-order valence-corrected chi connectivity index (χ1v) is 10.1. The van der Waals surface area contributed by atoms with E-state index in [0.717, 1.165) is 11.8 Å². The van der Waals surface area contributed by atoms with Crippen molar-refractivity contribution in [1.82, 2.24) is 15.0 Å². The highest BCUT2D eigenvalue weighted by Crippen LogP contribution is 2.25. The SMILES string of the molecule is NS(=O)(=O)c1cccc(Nc2ncc(F)c(Nc3cccc(-c4cnco4)c3)n2)c1. The van der Waals surface area contributed by atoms with Crippen molar-refractivity contribution in [3.63, 3.8) is 0 Å². The molecule has 9 nitrogen and oxygen atoms in total. The predicted molar refractivity (Wildman–Crippen MR) is 108 cm³/mol. The minimum Gasteiger partial charge on any atom is -0.444 e. The third-order valence-electron chi connectivity index (χ3n) is 4.00. The average molecular weight is 426 g/mol. The Morgan fingerprint density at radius 3 is 2.50 bits per heavy atom. The van der Waals surface area contributed by atoms with Gasteiger partial charge in [-0.15, -0.1) is 0 Å². The number of rotatable bonds is 6. The lowest BCUT2D eigenvalue weighted by molar-refractivity contribution is 0.572. The molecule has 4 aromatic rings. The highest BCUT2D eigenvalue weighted by atomic mass is 32.2. The standard InChI is InChI=1S/C19H15FN6O3S/c20-16-9-23-19(25-14-5-2-6-15(8-14)30(21,27)28)26-18(16)24-13-4-1-3-12(7-13)17-10-22-11-29-17/h1-11H,(H2,21,27,28)(H2,23,24,25,26). The molecular formula is C19H15FN6O3S. The van der Waals surface area contributed by atoms with Gasteiger partial charge >= 0.3 is 0 Å². The van der Waals surface area contributed by atoms with Gasteiger partial charge in [-0.3, -0.25) is 0 Å². The number of anilines is 4. The molecule has 0 unspecified atom stereocenters. The van der Waals surface area contributed by atoms with Crippen LogP contribution in [0, 0.1) is 5.82 Å². The number of benzene rings is 2. The lowest BCUT2D eigenvalue weighted by Crippen LogP contribution is -2.12. The quantitative estimate of drug-likeness (QED) is 0.427. The number of nitrogens with zero attached hydrogens (tertiary/aromatic N) is 3. The van der Waals surface area contributed by atoms with Crippen molar-refractivity contribution in [2.45, 2.75) is 4.90 Å². The second-order valence-corrected chi connectivity index (χ2v) is 7.72. The van der Waals surface area contributed by atoms with E-state index in [-0.39, 0.29) is 16.7 Å². The number of hydrogen-bond acceptors (Lipinski definition) is 8. The van der Waals surface area contributed by atoms with Crippen LogP contribution in [-0.2, 0) is 10.0 Å². The number of nitrogens with two attached hydrogens (primary N) is 1. The van der Waals surface area contributed by atoms with E-state index in [0.29, 0.717) is 17.1 Å². The van der Waals surface area contributed by atoms with Crippen LogP contribution in [0.1, 0.15) is 0 Å². The van der Waals surface area contributed by atoms with Gasteiger partial charge in [0.15, 0.2) is 23.8 Å². The molecule has 0 saturated heterocycles. The highest BCUT2D eigenvalue weighted by Gasteiger charge is 2.11. The van der Waals surface area contributed by atoms with Crippen molar-refractivity contribution in [1.29, 1.82) is 0 Å². The molecule has 0 bridgehead atoms. The van der Waals surface area contributed by atoms with Gasteiger partial charge in [-0.1, -0.05) is 18.2 Å². The van der Waals surface area contributed by atoms with Crippen LogP contribution in [-0.4, -0.2) is 23.4 Å². The van der Waals surface area contributed by atoms with E-state index in [2.05, 4.69) is 25.6 Å². The van der Waals surface area contributed by atoms with E-state index in [1.165, 1.54) is 24.6 Å². The van der Waals surface area contributed by atoms with Crippen molar-refractivity contribution in [3.05, 3.63) is 73.1 Å². The summed E-state index contributed by atoms with van der Waals surface area (Å²) in [6, 6.07) is 12.9. The van der Waals surface area contributed by atoms with Crippen LogP contribution in [0.2, 0.25) is 0 Å². The maximum atomic E-state index is 14.2. The maximum absolute atomic E-state index is 14.2. The Balaban J connectivity index is 1.58. The molecule has 0 amide bonds. The largest absolute Gasteiger partial charge is 0.444 e. The molecule has 2 aromatic heterocycles. The van der Waals surface area contributed by atoms with E-state index in [1.54, 1.807) is 30.5 Å². The summed E-state index contributed by atoms with van der Waals surface area (Å²) >= 11 is 0. The Morgan fingerprint density at radius 2 is 1.77 bits per heavy atom. The Hall–Kier alpha value is -3.83. The molecule has 4 N–H and O–H groups in total. The molecular weight excluding hydrogens is 411 g/mol. The van der Waals surface area contributed by atoms with E-state index in [4.69, 9.17) is 9.56 Å². The first-order valence-electron chi connectivity index (χ1n) is 8.57. The van der Waals surface area contributed by atoms with Crippen LogP contribution in [0.5, 0.6) is 0 Å². The zero-order chi connectivity index (χ0) is 21.1. The second kappa shape index (κ2) is 7.89. The Kier molecular flexibility index (Phi) is 5.12. The lowest BCUT2D eigenvalue weighted by atomic mass is 10.1. The van der Waals surface area contributed by atoms with Gasteiger partial charge in [-0.2, -0.15) is 4.98 Å². The van der Waals surface area contributed by atoms with Gasteiger partial charge in [0.05, 0.1) is 17.3 Å². The third kappa shape index (κ3) is 4.42. The molecule has 2 heterocycles. The zero-order valence-corrected chi connectivity index (χ0v) is 16.1. The number of hydrogen-bond donors (Lipinski definition) is 3. The number of oxazole rings is 1. The van der Waals surface area contributed by atoms with E-state index < -0.39 is 15.8 Å². The fraction of sp³-hybridized carbons (Fsp3) is 0. The van der Waals surface area contributed by atoms with Crippen molar-refractivity contribution in [2.24, 2.45) is 5.14 Å². The minimum absolute atomic E-state index is 0.0650. The molecule has 0 aliphatic carbocycles. The monoisotopic (exact) mass is 426 g/mol. The van der Waals surface area contributed by atoms with Gasteiger partial charge in [-0.05, 0) is 30.3 Å². The van der Waals surface area contributed by atoms with Crippen LogP contribution in [0.4, 0.5) is 27.5 Å². The predicted octanol–water partition coefficient (Wildman–Crippen LogP) is 3.41. The first-order chi connectivity index (χ1) is 14.4. The summed E-state index contributed by atoms with van der Waals surface area (Å²) < 4.78 is 42.5. The summed E-state index contributed by atoms with van der Waals surface area (Å²) in [7, 11) is -3.86. The van der Waals surface area contributed by atoms with E-state index in [1.807, 2.05) is 6.07 Å². The minimum atomic E-state index is -3.86. The van der Waals surface area contributed by atoms with E-state index in [9.17, 15) is 12.8 Å². The molecule has 0 radical (unpaired) electrons. The van der Waals surface area contributed by atoms with Crippen molar-refractivity contribution >= 4 is 33.2 Å². The Bertz CT molecular complexity index is 1300. The molecule has 0 atom stereocenters. The fourth-order valence-corrected chi connectivity index (χ4v) is 3.20. The molecule has 0 aliphatic heterocycles. The maximum Gasteiger partial charge on any atom is 0.238 e. The number of halogens is 1. The van der Waals surface area contributed by atoms with Crippen LogP contribution < -0.4 is 15.8 Å². The topological polar surface area (TPSA) is 136 Å². The molecule has 152 valence electrons. The van der Waals surface area contributed by atoms with Crippen LogP contribution in [0.15, 0.2) is 76.6 Å². The number of nitrogens with one attached hydrogen (secondary N) is 2. The van der Waals surface area contributed by atoms with Crippen LogP contribution in [0.3, 0.4) is 0 Å². The highest BCUT2D eigenvalue weighted by molar-refractivity contribution is 7.89. The van der Waals surface area contributed by atoms with Gasteiger partial charge in [0.2, 0.25) is 16.0 Å². The van der Waals surface area contributed by atoms with Gasteiger partial charge in [-0.25, -0.2) is 27.9 Å². The van der Waals surface area contributed by atoms with Crippen molar-refractivity contribution < 1.29 is 17.2 Å². The Labute approximate surface area is 170 Å². The smallest absolute Gasteiger partial charge is 0.238 e. The van der Waals surface area contributed by atoms with Crippen LogP contribution >= 0.6 is 0 Å². The van der Waals surface area contributed by atoms with Gasteiger partial charge in [0, 0.05) is 16.9 Å². The van der Waals surface area contributed by atoms with Crippen molar-refractivity contribution in [2.75, 3.05) is 10.6 Å². The Morgan fingerprint density at radius 1 is 1.00 bits per heavy atom. The number of sulfonamides is 1. The molecule has 0 spiro atoms. The molecule has 11 heteroatoms. The lowest BCUT2D eigenvalue weighted by Gasteiger charge is -2.10. The van der Waals surface area contributed by atoms with Crippen LogP contribution in [0.25, 0.3) is 11.3 Å². The first kappa shape index (κ1) is 19.5. The summed E-state index contributed by atoms with van der Waals surface area (Å²) in [5.74, 6) is -0.0931. The summed E-state index contributed by atoms with van der Waals surface area (Å²) in [4.78, 5) is 11.8. The molecule has 0 saturated carbocycles. The average Bonchev–Trinajstić information content (AvgIpc) is 3.25. The normalized spacial score (nSPS) is 11.3. The summed E-state index contributed by atoms with van der Waals surface area (Å²) in [6.07, 6.45) is 3.89.